The third-order valence-corrected chi connectivity index (χ3v) is 12.0. The predicted molar refractivity (Wildman–Crippen MR) is 235 cm³/mol. The van der Waals surface area contributed by atoms with Gasteiger partial charge in [0.2, 0.25) is 0 Å². The van der Waals surface area contributed by atoms with Gasteiger partial charge in [-0.3, -0.25) is 0 Å². The summed E-state index contributed by atoms with van der Waals surface area (Å²) in [6.07, 6.45) is 0. The van der Waals surface area contributed by atoms with Gasteiger partial charge in [-0.1, -0.05) is 146 Å². The molecule has 2 nitrogen and oxygen atoms in total. The summed E-state index contributed by atoms with van der Waals surface area (Å²) in [6.45, 7) is 0. The Kier molecular flexibility index (Phi) is 7.39. The van der Waals surface area contributed by atoms with Gasteiger partial charge in [0, 0.05) is 47.7 Å². The topological polar surface area (TPSA) is 16.4 Å². The minimum atomic E-state index is 0.920. The summed E-state index contributed by atoms with van der Waals surface area (Å²) in [5.74, 6) is 0. The molecule has 55 heavy (non-hydrogen) atoms. The van der Waals surface area contributed by atoms with E-state index in [1.165, 1.54) is 58.8 Å². The number of thiophene rings is 1. The summed E-state index contributed by atoms with van der Waals surface area (Å²) in [6, 6.07) is 72.1. The van der Waals surface area contributed by atoms with Gasteiger partial charge in [0.05, 0.1) is 5.69 Å². The van der Waals surface area contributed by atoms with Gasteiger partial charge in [-0.25, -0.2) is 0 Å². The van der Waals surface area contributed by atoms with Gasteiger partial charge in [-0.2, -0.15) is 0 Å². The fourth-order valence-corrected chi connectivity index (χ4v) is 9.48. The summed E-state index contributed by atoms with van der Waals surface area (Å²) in [5, 5.41) is 7.14. The molecule has 258 valence electrons. The van der Waals surface area contributed by atoms with Crippen LogP contribution in [0, 0.1) is 0 Å². The largest absolute Gasteiger partial charge is 0.455 e. The first kappa shape index (κ1) is 31.6. The maximum atomic E-state index is 6.62. The second-order valence-corrected chi connectivity index (χ2v) is 15.1. The van der Waals surface area contributed by atoms with E-state index >= 15 is 0 Å². The van der Waals surface area contributed by atoms with E-state index < -0.39 is 0 Å². The number of hydrogen-bond acceptors (Lipinski definition) is 3. The Morgan fingerprint density at radius 2 is 1.02 bits per heavy atom. The molecule has 2 heterocycles. The highest BCUT2D eigenvalue weighted by Crippen LogP contribution is 2.47. The van der Waals surface area contributed by atoms with Gasteiger partial charge < -0.3 is 9.32 Å². The Bertz CT molecular complexity index is 3190. The molecule has 3 heteroatoms. The van der Waals surface area contributed by atoms with E-state index in [1.807, 2.05) is 17.4 Å². The van der Waals surface area contributed by atoms with Crippen LogP contribution in [0.1, 0.15) is 0 Å². The van der Waals surface area contributed by atoms with E-state index in [0.29, 0.717) is 0 Å². The first-order valence-corrected chi connectivity index (χ1v) is 19.5. The molecule has 2 aromatic heterocycles. The third kappa shape index (κ3) is 5.24. The standard InChI is InChI=1S/C52H33NOS/c1-3-13-34(14-4-1)35-25-27-38(28-26-35)53(46-31-29-40(36-15-5-2-6-16-36)42-19-7-8-20-43(42)46)39-18-11-17-37(33-39)41-22-12-24-48-50(41)51-49(55-48)32-30-45-44-21-9-10-23-47(44)54-52(45)51/h1-33H. The van der Waals surface area contributed by atoms with E-state index in [2.05, 4.69) is 199 Å². The van der Waals surface area contributed by atoms with Crippen molar-refractivity contribution in [1.82, 2.24) is 0 Å². The molecule has 0 atom stereocenters. The lowest BCUT2D eigenvalue weighted by molar-refractivity contribution is 0.673. The average molecular weight is 720 g/mol. The van der Waals surface area contributed by atoms with Crippen LogP contribution in [0.2, 0.25) is 0 Å². The van der Waals surface area contributed by atoms with Crippen LogP contribution in [0.15, 0.2) is 205 Å². The summed E-state index contributed by atoms with van der Waals surface area (Å²) in [5.41, 5.74) is 12.4. The highest BCUT2D eigenvalue weighted by Gasteiger charge is 2.21. The van der Waals surface area contributed by atoms with Gasteiger partial charge in [-0.05, 0) is 93.4 Å². The van der Waals surface area contributed by atoms with E-state index in [0.717, 1.165) is 44.6 Å². The van der Waals surface area contributed by atoms with Crippen molar-refractivity contribution in [1.29, 1.82) is 0 Å². The zero-order valence-electron chi connectivity index (χ0n) is 29.8. The Morgan fingerprint density at radius 1 is 0.364 bits per heavy atom. The first-order valence-electron chi connectivity index (χ1n) is 18.7. The minimum Gasteiger partial charge on any atom is -0.455 e. The second-order valence-electron chi connectivity index (χ2n) is 14.0. The molecule has 0 aliphatic rings. The third-order valence-electron chi connectivity index (χ3n) is 10.9. The zero-order chi connectivity index (χ0) is 36.3. The fraction of sp³-hybridized carbons (Fsp3) is 0. The molecule has 0 N–H and O–H groups in total. The van der Waals surface area contributed by atoms with Gasteiger partial charge in [0.15, 0.2) is 0 Å². The van der Waals surface area contributed by atoms with Crippen LogP contribution in [-0.4, -0.2) is 0 Å². The normalized spacial score (nSPS) is 11.6. The summed E-state index contributed by atoms with van der Waals surface area (Å²) < 4.78 is 9.11. The Hall–Kier alpha value is -6.94. The Morgan fingerprint density at radius 3 is 1.84 bits per heavy atom. The van der Waals surface area contributed by atoms with Crippen LogP contribution >= 0.6 is 11.3 Å². The van der Waals surface area contributed by atoms with Crippen molar-refractivity contribution >= 4 is 81.3 Å². The molecule has 0 aliphatic heterocycles. The molecule has 0 unspecified atom stereocenters. The molecule has 0 saturated heterocycles. The quantitative estimate of drug-likeness (QED) is 0.170. The number of para-hydroxylation sites is 1. The number of rotatable bonds is 6. The average Bonchev–Trinajstić information content (AvgIpc) is 3.83. The molecule has 11 rings (SSSR count). The zero-order valence-corrected chi connectivity index (χ0v) is 30.6. The molecule has 0 saturated carbocycles. The smallest absolute Gasteiger partial charge is 0.144 e. The van der Waals surface area contributed by atoms with Crippen molar-refractivity contribution in [3.63, 3.8) is 0 Å². The molecule has 9 aromatic carbocycles. The van der Waals surface area contributed by atoms with Gasteiger partial charge in [0.1, 0.15) is 11.2 Å². The molecule has 0 spiro atoms. The van der Waals surface area contributed by atoms with E-state index in [-0.39, 0.29) is 0 Å². The van der Waals surface area contributed by atoms with Crippen molar-refractivity contribution in [3.8, 4) is 33.4 Å². The van der Waals surface area contributed by atoms with E-state index in [4.69, 9.17) is 4.42 Å². The lowest BCUT2D eigenvalue weighted by Gasteiger charge is -2.28. The molecule has 0 bridgehead atoms. The van der Waals surface area contributed by atoms with Crippen molar-refractivity contribution in [2.75, 3.05) is 4.90 Å². The Labute approximate surface area is 322 Å². The van der Waals surface area contributed by atoms with Crippen LogP contribution in [0.25, 0.3) is 86.3 Å². The number of benzene rings is 9. The van der Waals surface area contributed by atoms with Crippen LogP contribution in [0.4, 0.5) is 17.1 Å². The van der Waals surface area contributed by atoms with E-state index in [1.54, 1.807) is 0 Å². The second kappa shape index (κ2) is 12.9. The number of nitrogens with zero attached hydrogens (tertiary/aromatic N) is 1. The summed E-state index contributed by atoms with van der Waals surface area (Å²) in [7, 11) is 0. The lowest BCUT2D eigenvalue weighted by Crippen LogP contribution is -2.10. The number of fused-ring (bicyclic) bond motifs is 8. The highest BCUT2D eigenvalue weighted by atomic mass is 32.1. The maximum absolute atomic E-state index is 6.62. The van der Waals surface area contributed by atoms with Crippen LogP contribution in [-0.2, 0) is 0 Å². The molecule has 11 aromatic rings. The molecule has 0 fully saturated rings. The number of furan rings is 1. The van der Waals surface area contributed by atoms with Crippen molar-refractivity contribution < 1.29 is 4.42 Å². The van der Waals surface area contributed by atoms with Gasteiger partial charge >= 0.3 is 0 Å². The molecule has 0 aliphatic carbocycles. The monoisotopic (exact) mass is 719 g/mol. The van der Waals surface area contributed by atoms with Crippen LogP contribution in [0.5, 0.6) is 0 Å². The number of anilines is 3. The lowest BCUT2D eigenvalue weighted by atomic mass is 9.95. The molecular weight excluding hydrogens is 687 g/mol. The van der Waals surface area contributed by atoms with Crippen molar-refractivity contribution in [2.24, 2.45) is 0 Å². The van der Waals surface area contributed by atoms with Crippen molar-refractivity contribution in [2.45, 2.75) is 0 Å². The SMILES string of the molecule is c1ccc(-c2ccc(N(c3cccc(-c4cccc5sc6ccc7c8ccccc8oc7c6c45)c3)c3ccc(-c4ccccc4)c4ccccc34)cc2)cc1. The Balaban J connectivity index is 1.13. The highest BCUT2D eigenvalue weighted by molar-refractivity contribution is 7.26. The van der Waals surface area contributed by atoms with Crippen LogP contribution < -0.4 is 4.90 Å². The van der Waals surface area contributed by atoms with Crippen molar-refractivity contribution in [3.05, 3.63) is 200 Å². The number of hydrogen-bond donors (Lipinski definition) is 0. The van der Waals surface area contributed by atoms with Gasteiger partial charge in [-0.15, -0.1) is 11.3 Å². The first-order chi connectivity index (χ1) is 27.3. The van der Waals surface area contributed by atoms with E-state index in [9.17, 15) is 0 Å². The van der Waals surface area contributed by atoms with Crippen LogP contribution in [0.3, 0.4) is 0 Å². The predicted octanol–water partition coefficient (Wildman–Crippen LogP) is 15.6. The summed E-state index contributed by atoms with van der Waals surface area (Å²) in [4.78, 5) is 2.42. The maximum Gasteiger partial charge on any atom is 0.144 e. The molecule has 0 amide bonds. The fourth-order valence-electron chi connectivity index (χ4n) is 8.35. The summed E-state index contributed by atoms with van der Waals surface area (Å²) >= 11 is 1.83. The van der Waals surface area contributed by atoms with Gasteiger partial charge in [0.25, 0.3) is 0 Å². The molecule has 0 radical (unpaired) electrons. The minimum absolute atomic E-state index is 0.920. The molecular formula is C52H33NOS.